The molecule has 2 aromatic heterocycles. The summed E-state index contributed by atoms with van der Waals surface area (Å²) >= 11 is 6.39. The van der Waals surface area contributed by atoms with Crippen molar-refractivity contribution >= 4 is 34.3 Å². The normalized spacial score (nSPS) is 22.3. The predicted octanol–water partition coefficient (Wildman–Crippen LogP) is 3.97. The van der Waals surface area contributed by atoms with Crippen molar-refractivity contribution in [2.45, 2.75) is 76.9 Å². The number of rotatable bonds is 4. The lowest BCUT2D eigenvalue weighted by Crippen LogP contribution is -2.61. The van der Waals surface area contributed by atoms with Crippen LogP contribution in [0.15, 0.2) is 6.33 Å². The van der Waals surface area contributed by atoms with Crippen molar-refractivity contribution in [3.05, 3.63) is 11.6 Å². The molecule has 8 nitrogen and oxygen atoms in total. The second-order valence-corrected chi connectivity index (χ2v) is 10.7. The van der Waals surface area contributed by atoms with Crippen LogP contribution in [0.5, 0.6) is 0 Å². The Bertz CT molecular complexity index is 920. The molecule has 2 aromatic rings. The quantitative estimate of drug-likeness (QED) is 0.707. The lowest BCUT2D eigenvalue weighted by molar-refractivity contribution is -0.00342. The van der Waals surface area contributed by atoms with Crippen LogP contribution in [0.3, 0.4) is 0 Å². The van der Waals surface area contributed by atoms with Crippen molar-refractivity contribution in [1.82, 2.24) is 29.8 Å². The summed E-state index contributed by atoms with van der Waals surface area (Å²) in [4.78, 5) is 22.8. The molecule has 0 atom stereocenters. The van der Waals surface area contributed by atoms with Crippen LogP contribution in [0.4, 0.5) is 11.6 Å². The molecule has 0 aliphatic carbocycles. The third-order valence-electron chi connectivity index (χ3n) is 6.94. The second-order valence-electron chi connectivity index (χ2n) is 10.3. The number of piperidine rings is 2. The van der Waals surface area contributed by atoms with E-state index in [1.165, 1.54) is 6.42 Å². The lowest BCUT2D eigenvalue weighted by Gasteiger charge is -2.52. The van der Waals surface area contributed by atoms with Gasteiger partial charge in [-0.25, -0.2) is 20.0 Å². The van der Waals surface area contributed by atoms with Gasteiger partial charge < -0.3 is 15.2 Å². The van der Waals surface area contributed by atoms with Gasteiger partial charge in [0.2, 0.25) is 5.28 Å². The highest BCUT2D eigenvalue weighted by atomic mass is 35.5. The fourth-order valence-corrected chi connectivity index (χ4v) is 5.37. The van der Waals surface area contributed by atoms with Gasteiger partial charge in [0.1, 0.15) is 17.4 Å². The minimum atomic E-state index is -0.00720. The number of hydrazine groups is 1. The molecule has 0 radical (unpaired) electrons. The number of fused-ring (bicyclic) bond motifs is 1. The van der Waals surface area contributed by atoms with E-state index in [1.54, 1.807) is 6.33 Å². The zero-order chi connectivity index (χ0) is 22.4. The molecule has 31 heavy (non-hydrogen) atoms. The number of halogens is 1. The summed E-state index contributed by atoms with van der Waals surface area (Å²) < 4.78 is 0. The molecule has 0 bridgehead atoms. The number of nitrogens with zero attached hydrogens (tertiary/aromatic N) is 7. The van der Waals surface area contributed by atoms with E-state index in [1.807, 2.05) is 0 Å². The molecule has 0 saturated carbocycles. The van der Waals surface area contributed by atoms with Crippen LogP contribution in [0.1, 0.15) is 59.8 Å². The highest BCUT2D eigenvalue weighted by molar-refractivity contribution is 6.29. The molecule has 2 aliphatic rings. The minimum Gasteiger partial charge on any atom is -0.355 e. The Balaban J connectivity index is 1.69. The first kappa shape index (κ1) is 22.4. The third-order valence-corrected chi connectivity index (χ3v) is 7.11. The molecule has 2 aliphatic heterocycles. The zero-order valence-corrected chi connectivity index (χ0v) is 20.4. The summed E-state index contributed by atoms with van der Waals surface area (Å²) in [6.45, 7) is 10.9. The Labute approximate surface area is 190 Å². The fourth-order valence-electron chi connectivity index (χ4n) is 5.21. The number of anilines is 2. The van der Waals surface area contributed by atoms with E-state index in [0.29, 0.717) is 17.4 Å². The van der Waals surface area contributed by atoms with Crippen molar-refractivity contribution in [2.24, 2.45) is 0 Å². The highest BCUT2D eigenvalue weighted by Gasteiger charge is 2.42. The molecule has 0 spiro atoms. The molecule has 4 heterocycles. The first-order valence-electron chi connectivity index (χ1n) is 11.3. The van der Waals surface area contributed by atoms with Crippen molar-refractivity contribution in [1.29, 1.82) is 0 Å². The Morgan fingerprint density at radius 2 is 1.65 bits per heavy atom. The van der Waals surface area contributed by atoms with Gasteiger partial charge >= 0.3 is 0 Å². The summed E-state index contributed by atoms with van der Waals surface area (Å²) in [6, 6.07) is 0.593. The van der Waals surface area contributed by atoms with E-state index in [-0.39, 0.29) is 16.4 Å². The van der Waals surface area contributed by atoms with Crippen LogP contribution < -0.4 is 10.3 Å². The summed E-state index contributed by atoms with van der Waals surface area (Å²) in [5, 5.41) is 2.55. The lowest BCUT2D eigenvalue weighted by atomic mass is 9.81. The largest absolute Gasteiger partial charge is 0.355 e. The standard InChI is InChI=1S/C22H35ClN8/c1-21(2)10-7-11-22(3,4)31(21)28-18-16-17(24-14-25-18)19(27-20(23)26-16)30-12-8-15(9-13-30)29(5)6/h14-15H,7-13H2,1-6H3,(H,24,25,28). The average molecular weight is 447 g/mol. The first-order chi connectivity index (χ1) is 14.6. The minimum absolute atomic E-state index is 0.00720. The van der Waals surface area contributed by atoms with Gasteiger partial charge in [-0.2, -0.15) is 4.98 Å². The SMILES string of the molecule is CN(C)C1CCN(c2nc(Cl)nc3c(NN4C(C)(C)CCCC4(C)C)ncnc23)CC1. The van der Waals surface area contributed by atoms with Crippen LogP contribution in [0, 0.1) is 0 Å². The van der Waals surface area contributed by atoms with E-state index in [0.717, 1.165) is 50.1 Å². The van der Waals surface area contributed by atoms with E-state index < -0.39 is 0 Å². The van der Waals surface area contributed by atoms with Crippen LogP contribution in [0.25, 0.3) is 11.0 Å². The molecule has 0 amide bonds. The third kappa shape index (κ3) is 4.43. The van der Waals surface area contributed by atoms with Gasteiger partial charge in [-0.05, 0) is 85.5 Å². The number of hydrogen-bond acceptors (Lipinski definition) is 8. The monoisotopic (exact) mass is 446 g/mol. The molecule has 0 unspecified atom stereocenters. The van der Waals surface area contributed by atoms with Crippen LogP contribution in [-0.2, 0) is 0 Å². The van der Waals surface area contributed by atoms with E-state index >= 15 is 0 Å². The number of aromatic nitrogens is 4. The molecule has 9 heteroatoms. The van der Waals surface area contributed by atoms with Gasteiger partial charge in [0, 0.05) is 30.2 Å². The van der Waals surface area contributed by atoms with Crippen LogP contribution in [0.2, 0.25) is 5.28 Å². The molecule has 2 fully saturated rings. The van der Waals surface area contributed by atoms with Gasteiger partial charge in [0.15, 0.2) is 11.6 Å². The molecular formula is C22H35ClN8. The van der Waals surface area contributed by atoms with Crippen molar-refractivity contribution in [2.75, 3.05) is 37.5 Å². The van der Waals surface area contributed by atoms with Gasteiger partial charge in [-0.15, -0.1) is 0 Å². The maximum Gasteiger partial charge on any atom is 0.225 e. The van der Waals surface area contributed by atoms with Crippen molar-refractivity contribution < 1.29 is 0 Å². The van der Waals surface area contributed by atoms with E-state index in [2.05, 4.69) is 82.0 Å². The van der Waals surface area contributed by atoms with Gasteiger partial charge in [0.25, 0.3) is 0 Å². The molecular weight excluding hydrogens is 412 g/mol. The summed E-state index contributed by atoms with van der Waals surface area (Å²) in [5.41, 5.74) is 5.00. The van der Waals surface area contributed by atoms with Gasteiger partial charge in [-0.1, -0.05) is 0 Å². The summed E-state index contributed by atoms with van der Waals surface area (Å²) in [5.74, 6) is 1.48. The molecule has 1 N–H and O–H groups in total. The number of nitrogens with one attached hydrogen (secondary N) is 1. The predicted molar refractivity (Wildman–Crippen MR) is 127 cm³/mol. The second kappa shape index (κ2) is 8.30. The van der Waals surface area contributed by atoms with E-state index in [4.69, 9.17) is 11.6 Å². The fraction of sp³-hybridized carbons (Fsp3) is 0.727. The van der Waals surface area contributed by atoms with Crippen LogP contribution >= 0.6 is 11.6 Å². The average Bonchev–Trinajstić information content (AvgIpc) is 2.70. The highest BCUT2D eigenvalue weighted by Crippen LogP contribution is 2.39. The number of hydrogen-bond donors (Lipinski definition) is 1. The maximum atomic E-state index is 6.39. The molecule has 170 valence electrons. The Kier molecular flexibility index (Phi) is 6.00. The van der Waals surface area contributed by atoms with Crippen molar-refractivity contribution in [3.8, 4) is 0 Å². The first-order valence-corrected chi connectivity index (χ1v) is 11.6. The Morgan fingerprint density at radius 1 is 1.00 bits per heavy atom. The summed E-state index contributed by atoms with van der Waals surface area (Å²) in [6.07, 6.45) is 7.22. The molecule has 2 saturated heterocycles. The van der Waals surface area contributed by atoms with Gasteiger partial charge in [0.05, 0.1) is 0 Å². The zero-order valence-electron chi connectivity index (χ0n) is 19.6. The van der Waals surface area contributed by atoms with Crippen LogP contribution in [-0.4, -0.2) is 74.1 Å². The Hall–Kier alpha value is -1.77. The molecule has 0 aromatic carbocycles. The van der Waals surface area contributed by atoms with E-state index in [9.17, 15) is 0 Å². The van der Waals surface area contributed by atoms with Crippen molar-refractivity contribution in [3.63, 3.8) is 0 Å². The smallest absolute Gasteiger partial charge is 0.225 e. The summed E-state index contributed by atoms with van der Waals surface area (Å²) in [7, 11) is 4.29. The van der Waals surface area contributed by atoms with Gasteiger partial charge in [-0.3, -0.25) is 0 Å². The molecule has 4 rings (SSSR count). The maximum absolute atomic E-state index is 6.39. The topological polar surface area (TPSA) is 73.3 Å². The Morgan fingerprint density at radius 3 is 2.26 bits per heavy atom.